The predicted molar refractivity (Wildman–Crippen MR) is 92.6 cm³/mol. The smallest absolute Gasteiger partial charge is 0.332 e. The van der Waals surface area contributed by atoms with Crippen molar-refractivity contribution < 1.29 is 27.5 Å². The SMILES string of the molecule is CCOCC(=O)OCC(=O)Nc1ccc(S(=O)(=O)N(CC)CC)cc1. The molecule has 1 amide bonds. The van der Waals surface area contributed by atoms with Gasteiger partial charge in [-0.15, -0.1) is 0 Å². The fourth-order valence-corrected chi connectivity index (χ4v) is 3.45. The van der Waals surface area contributed by atoms with Crippen molar-refractivity contribution in [3.63, 3.8) is 0 Å². The standard InChI is InChI=1S/C16H24N2O6S/c1-4-18(5-2)25(21,22)14-9-7-13(8-10-14)17-15(19)11-24-16(20)12-23-6-3/h7-10H,4-6,11-12H2,1-3H3,(H,17,19). The molecule has 0 fully saturated rings. The van der Waals surface area contributed by atoms with Crippen molar-refractivity contribution >= 4 is 27.6 Å². The average Bonchev–Trinajstić information content (AvgIpc) is 2.59. The van der Waals surface area contributed by atoms with Gasteiger partial charge in [0.05, 0.1) is 4.90 Å². The number of nitrogens with one attached hydrogen (secondary N) is 1. The highest BCUT2D eigenvalue weighted by molar-refractivity contribution is 7.89. The molecule has 8 nitrogen and oxygen atoms in total. The molecule has 0 atom stereocenters. The Labute approximate surface area is 148 Å². The average molecular weight is 372 g/mol. The molecular weight excluding hydrogens is 348 g/mol. The summed E-state index contributed by atoms with van der Waals surface area (Å²) in [5, 5.41) is 2.52. The van der Waals surface area contributed by atoms with Gasteiger partial charge in [-0.2, -0.15) is 4.31 Å². The molecule has 0 aliphatic heterocycles. The van der Waals surface area contributed by atoms with Crippen LogP contribution >= 0.6 is 0 Å². The lowest BCUT2D eigenvalue weighted by Crippen LogP contribution is -2.30. The summed E-state index contributed by atoms with van der Waals surface area (Å²) in [5.41, 5.74) is 0.407. The summed E-state index contributed by atoms with van der Waals surface area (Å²) < 4.78 is 35.7. The lowest BCUT2D eigenvalue weighted by Gasteiger charge is -2.18. The number of ether oxygens (including phenoxy) is 2. The Morgan fingerprint density at radius 1 is 1.04 bits per heavy atom. The summed E-state index contributed by atoms with van der Waals surface area (Å²) in [6.45, 7) is 5.76. The van der Waals surface area contributed by atoms with E-state index in [0.29, 0.717) is 25.4 Å². The Balaban J connectivity index is 2.62. The number of hydrogen-bond donors (Lipinski definition) is 1. The van der Waals surface area contributed by atoms with Gasteiger partial charge in [0.2, 0.25) is 10.0 Å². The van der Waals surface area contributed by atoms with E-state index in [0.717, 1.165) is 0 Å². The fraction of sp³-hybridized carbons (Fsp3) is 0.500. The summed E-state index contributed by atoms with van der Waals surface area (Å²) in [6, 6.07) is 5.81. The highest BCUT2D eigenvalue weighted by Gasteiger charge is 2.21. The number of nitrogens with zero attached hydrogens (tertiary/aromatic N) is 1. The van der Waals surface area contributed by atoms with Gasteiger partial charge in [0.25, 0.3) is 5.91 Å². The number of amides is 1. The van der Waals surface area contributed by atoms with Crippen LogP contribution in [0, 0.1) is 0 Å². The topological polar surface area (TPSA) is 102 Å². The molecule has 25 heavy (non-hydrogen) atoms. The number of esters is 1. The molecule has 0 aliphatic rings. The molecule has 0 heterocycles. The van der Waals surface area contributed by atoms with Crippen molar-refractivity contribution in [2.45, 2.75) is 25.7 Å². The van der Waals surface area contributed by atoms with Gasteiger partial charge in [0, 0.05) is 25.4 Å². The van der Waals surface area contributed by atoms with E-state index < -0.39 is 28.5 Å². The van der Waals surface area contributed by atoms with Gasteiger partial charge in [-0.1, -0.05) is 13.8 Å². The predicted octanol–water partition coefficient (Wildman–Crippen LogP) is 1.24. The van der Waals surface area contributed by atoms with Crippen LogP contribution in [0.25, 0.3) is 0 Å². The number of carbonyl (C=O) groups is 2. The lowest BCUT2D eigenvalue weighted by molar-refractivity contribution is -0.151. The minimum absolute atomic E-state index is 0.150. The largest absolute Gasteiger partial charge is 0.454 e. The van der Waals surface area contributed by atoms with Gasteiger partial charge in [0.15, 0.2) is 6.61 Å². The molecule has 0 spiro atoms. The van der Waals surface area contributed by atoms with E-state index in [2.05, 4.69) is 5.32 Å². The van der Waals surface area contributed by atoms with Crippen LogP contribution in [0.2, 0.25) is 0 Å². The zero-order valence-electron chi connectivity index (χ0n) is 14.6. The van der Waals surface area contributed by atoms with Gasteiger partial charge < -0.3 is 14.8 Å². The van der Waals surface area contributed by atoms with E-state index >= 15 is 0 Å². The molecule has 0 bridgehead atoms. The summed E-state index contributed by atoms with van der Waals surface area (Å²) in [4.78, 5) is 23.1. The number of carbonyl (C=O) groups excluding carboxylic acids is 2. The van der Waals surface area contributed by atoms with Gasteiger partial charge in [-0.05, 0) is 31.2 Å². The Kier molecular flexibility index (Phi) is 8.53. The van der Waals surface area contributed by atoms with Crippen LogP contribution in [0.3, 0.4) is 0 Å². The number of anilines is 1. The van der Waals surface area contributed by atoms with Gasteiger partial charge in [-0.3, -0.25) is 4.79 Å². The first kappa shape index (κ1) is 21.1. The molecule has 0 radical (unpaired) electrons. The molecule has 0 aromatic heterocycles. The van der Waals surface area contributed by atoms with E-state index in [1.165, 1.54) is 28.6 Å². The normalized spacial score (nSPS) is 11.4. The summed E-state index contributed by atoms with van der Waals surface area (Å²) in [7, 11) is -3.54. The van der Waals surface area contributed by atoms with Crippen LogP contribution in [0.4, 0.5) is 5.69 Å². The Bertz CT molecular complexity index is 668. The van der Waals surface area contributed by atoms with Crippen LogP contribution in [0.15, 0.2) is 29.2 Å². The minimum Gasteiger partial charge on any atom is -0.454 e. The van der Waals surface area contributed by atoms with Crippen molar-refractivity contribution in [3.8, 4) is 0 Å². The van der Waals surface area contributed by atoms with Crippen molar-refractivity contribution in [2.75, 3.05) is 38.2 Å². The Morgan fingerprint density at radius 2 is 1.64 bits per heavy atom. The van der Waals surface area contributed by atoms with Crippen LogP contribution in [0.1, 0.15) is 20.8 Å². The molecule has 9 heteroatoms. The third-order valence-corrected chi connectivity index (χ3v) is 5.33. The minimum atomic E-state index is -3.54. The van der Waals surface area contributed by atoms with Crippen molar-refractivity contribution in [2.24, 2.45) is 0 Å². The van der Waals surface area contributed by atoms with Gasteiger partial charge in [0.1, 0.15) is 6.61 Å². The molecule has 1 rings (SSSR count). The quantitative estimate of drug-likeness (QED) is 0.620. The molecule has 0 aliphatic carbocycles. The first-order valence-electron chi connectivity index (χ1n) is 7.98. The first-order valence-corrected chi connectivity index (χ1v) is 9.42. The van der Waals surface area contributed by atoms with Crippen LogP contribution in [-0.4, -0.2) is 57.5 Å². The van der Waals surface area contributed by atoms with Gasteiger partial charge in [-0.25, -0.2) is 13.2 Å². The van der Waals surface area contributed by atoms with E-state index in [1.807, 2.05) is 0 Å². The number of benzene rings is 1. The third-order valence-electron chi connectivity index (χ3n) is 3.27. The van der Waals surface area contributed by atoms with Gasteiger partial charge >= 0.3 is 5.97 Å². The second-order valence-corrected chi connectivity index (χ2v) is 6.90. The Hall–Kier alpha value is -1.97. The molecule has 1 aromatic rings. The van der Waals surface area contributed by atoms with Crippen molar-refractivity contribution in [1.29, 1.82) is 0 Å². The van der Waals surface area contributed by atoms with E-state index in [4.69, 9.17) is 9.47 Å². The van der Waals surface area contributed by atoms with E-state index in [-0.39, 0.29) is 11.5 Å². The Morgan fingerprint density at radius 3 is 2.16 bits per heavy atom. The maximum atomic E-state index is 12.4. The molecule has 1 aromatic carbocycles. The molecule has 140 valence electrons. The molecule has 0 saturated heterocycles. The highest BCUT2D eigenvalue weighted by Crippen LogP contribution is 2.18. The lowest BCUT2D eigenvalue weighted by atomic mass is 10.3. The maximum absolute atomic E-state index is 12.4. The molecule has 1 N–H and O–H groups in total. The zero-order chi connectivity index (χ0) is 18.9. The number of rotatable bonds is 10. The van der Waals surface area contributed by atoms with Crippen LogP contribution in [0.5, 0.6) is 0 Å². The van der Waals surface area contributed by atoms with Crippen LogP contribution in [-0.2, 0) is 29.1 Å². The second kappa shape index (κ2) is 10.1. The highest BCUT2D eigenvalue weighted by atomic mass is 32.2. The van der Waals surface area contributed by atoms with Crippen LogP contribution < -0.4 is 5.32 Å². The summed E-state index contributed by atoms with van der Waals surface area (Å²) in [5.74, 6) is -1.15. The van der Waals surface area contributed by atoms with Crippen molar-refractivity contribution in [3.05, 3.63) is 24.3 Å². The monoisotopic (exact) mass is 372 g/mol. The van der Waals surface area contributed by atoms with E-state index in [1.54, 1.807) is 20.8 Å². The second-order valence-electron chi connectivity index (χ2n) is 4.96. The molecule has 0 unspecified atom stereocenters. The molecule has 0 saturated carbocycles. The number of sulfonamides is 1. The maximum Gasteiger partial charge on any atom is 0.332 e. The zero-order valence-corrected chi connectivity index (χ0v) is 15.5. The molecular formula is C16H24N2O6S. The third kappa shape index (κ3) is 6.45. The summed E-state index contributed by atoms with van der Waals surface area (Å²) >= 11 is 0. The first-order chi connectivity index (χ1) is 11.8. The van der Waals surface area contributed by atoms with E-state index in [9.17, 15) is 18.0 Å². The summed E-state index contributed by atoms with van der Waals surface area (Å²) in [6.07, 6.45) is 0. The van der Waals surface area contributed by atoms with Crippen molar-refractivity contribution in [1.82, 2.24) is 4.31 Å². The fourth-order valence-electron chi connectivity index (χ4n) is 1.99. The number of hydrogen-bond acceptors (Lipinski definition) is 6.